The van der Waals surface area contributed by atoms with E-state index in [0.717, 1.165) is 11.1 Å². The largest absolute Gasteiger partial charge is 0.251 e. The van der Waals surface area contributed by atoms with Crippen LogP contribution in [0.1, 0.15) is 11.1 Å². The van der Waals surface area contributed by atoms with Gasteiger partial charge in [0.05, 0.1) is 0 Å². The molecule has 1 aromatic rings. The quantitative estimate of drug-likeness (QED) is 0.549. The van der Waals surface area contributed by atoms with E-state index in [4.69, 9.17) is 16.9 Å². The summed E-state index contributed by atoms with van der Waals surface area (Å²) in [4.78, 5) is 3.96. The molecule has 0 aromatic heterocycles. The molecule has 1 aromatic carbocycles. The zero-order valence-corrected chi connectivity index (χ0v) is 6.93. The van der Waals surface area contributed by atoms with E-state index in [0.29, 0.717) is 5.02 Å². The fourth-order valence-corrected chi connectivity index (χ4v) is 1.00. The average Bonchev–Trinajstić information content (AvgIpc) is 1.98. The van der Waals surface area contributed by atoms with Crippen LogP contribution >= 0.6 is 11.6 Å². The molecule has 60 valence electrons. The van der Waals surface area contributed by atoms with E-state index >= 15 is 0 Å². The minimum absolute atomic E-state index is 0.181. The van der Waals surface area contributed by atoms with Crippen molar-refractivity contribution in [2.75, 3.05) is 0 Å². The molecule has 11 heavy (non-hydrogen) atoms. The monoisotopic (exact) mass is 172 g/mol. The second-order valence-corrected chi connectivity index (χ2v) is 2.76. The molecule has 2 nitrogen and oxygen atoms in total. The van der Waals surface area contributed by atoms with Crippen LogP contribution in [0.15, 0.2) is 18.2 Å². The number of benzene rings is 1. The van der Waals surface area contributed by atoms with Gasteiger partial charge in [-0.05, 0) is 24.1 Å². The highest BCUT2D eigenvalue weighted by Gasteiger charge is 1.96. The minimum atomic E-state index is 0.181. The first-order chi connectivity index (χ1) is 5.24. The first kappa shape index (κ1) is 8.53. The van der Waals surface area contributed by atoms with Crippen molar-refractivity contribution < 1.29 is 10.1 Å². The molecule has 0 bridgehead atoms. The third kappa shape index (κ3) is 2.19. The Hall–Kier alpha value is -0.570. The maximum absolute atomic E-state index is 8.14. The molecule has 0 aliphatic heterocycles. The van der Waals surface area contributed by atoms with Crippen LogP contribution in [0.3, 0.4) is 0 Å². The lowest BCUT2D eigenvalue weighted by molar-refractivity contribution is -0.253. The smallest absolute Gasteiger partial charge is 0.107 e. The van der Waals surface area contributed by atoms with Gasteiger partial charge in [0.15, 0.2) is 0 Å². The third-order valence-corrected chi connectivity index (χ3v) is 1.87. The Morgan fingerprint density at radius 2 is 2.27 bits per heavy atom. The maximum Gasteiger partial charge on any atom is 0.107 e. The lowest BCUT2D eigenvalue weighted by Crippen LogP contribution is -1.87. The normalized spacial score (nSPS) is 10.1. The number of hydrogen-bond acceptors (Lipinski definition) is 2. The summed E-state index contributed by atoms with van der Waals surface area (Å²) in [6, 6.07) is 5.52. The van der Waals surface area contributed by atoms with Gasteiger partial charge in [-0.1, -0.05) is 23.7 Å². The van der Waals surface area contributed by atoms with E-state index < -0.39 is 0 Å². The predicted octanol–water partition coefficient (Wildman–Crippen LogP) is 2.64. The SMILES string of the molecule is Cc1ccc(COO)cc1Cl. The molecule has 0 amide bonds. The van der Waals surface area contributed by atoms with Gasteiger partial charge in [-0.25, -0.2) is 4.89 Å². The fourth-order valence-electron chi connectivity index (χ4n) is 0.801. The van der Waals surface area contributed by atoms with Gasteiger partial charge in [-0.2, -0.15) is 0 Å². The van der Waals surface area contributed by atoms with Crippen LogP contribution < -0.4 is 0 Å². The van der Waals surface area contributed by atoms with Crippen molar-refractivity contribution in [2.24, 2.45) is 0 Å². The lowest BCUT2D eigenvalue weighted by atomic mass is 10.2. The average molecular weight is 173 g/mol. The zero-order valence-electron chi connectivity index (χ0n) is 6.17. The molecule has 0 saturated heterocycles. The van der Waals surface area contributed by atoms with Crippen LogP contribution in [-0.2, 0) is 11.5 Å². The van der Waals surface area contributed by atoms with E-state index in [-0.39, 0.29) is 6.61 Å². The van der Waals surface area contributed by atoms with E-state index in [1.807, 2.05) is 19.1 Å². The van der Waals surface area contributed by atoms with Gasteiger partial charge in [-0.3, -0.25) is 5.26 Å². The highest BCUT2D eigenvalue weighted by molar-refractivity contribution is 6.31. The minimum Gasteiger partial charge on any atom is -0.251 e. The number of hydrogen-bond donors (Lipinski definition) is 1. The summed E-state index contributed by atoms with van der Waals surface area (Å²) in [5, 5.41) is 8.83. The summed E-state index contributed by atoms with van der Waals surface area (Å²) in [7, 11) is 0. The molecule has 0 unspecified atom stereocenters. The number of rotatable bonds is 2. The first-order valence-electron chi connectivity index (χ1n) is 3.25. The van der Waals surface area contributed by atoms with E-state index in [9.17, 15) is 0 Å². The van der Waals surface area contributed by atoms with E-state index in [2.05, 4.69) is 4.89 Å². The van der Waals surface area contributed by atoms with Crippen LogP contribution in [-0.4, -0.2) is 5.26 Å². The van der Waals surface area contributed by atoms with Crippen LogP contribution in [0, 0.1) is 6.92 Å². The van der Waals surface area contributed by atoms with Gasteiger partial charge in [0, 0.05) is 5.02 Å². The molecule has 0 fully saturated rings. The summed E-state index contributed by atoms with van der Waals surface area (Å²) in [6.07, 6.45) is 0. The lowest BCUT2D eigenvalue weighted by Gasteiger charge is -2.00. The molecule has 0 radical (unpaired) electrons. The van der Waals surface area contributed by atoms with Crippen molar-refractivity contribution in [3.8, 4) is 0 Å². The van der Waals surface area contributed by atoms with Crippen molar-refractivity contribution in [1.82, 2.24) is 0 Å². The third-order valence-electron chi connectivity index (χ3n) is 1.47. The van der Waals surface area contributed by atoms with E-state index in [1.165, 1.54) is 0 Å². The first-order valence-corrected chi connectivity index (χ1v) is 3.63. The van der Waals surface area contributed by atoms with Crippen molar-refractivity contribution in [2.45, 2.75) is 13.5 Å². The van der Waals surface area contributed by atoms with Crippen molar-refractivity contribution in [3.63, 3.8) is 0 Å². The topological polar surface area (TPSA) is 29.5 Å². The summed E-state index contributed by atoms with van der Waals surface area (Å²) in [5.74, 6) is 0. The highest BCUT2D eigenvalue weighted by atomic mass is 35.5. The van der Waals surface area contributed by atoms with Gasteiger partial charge in [-0.15, -0.1) is 0 Å². The molecule has 0 aliphatic rings. The Morgan fingerprint density at radius 3 is 2.82 bits per heavy atom. The van der Waals surface area contributed by atoms with Crippen LogP contribution in [0.4, 0.5) is 0 Å². The molecular formula is C8H9ClO2. The van der Waals surface area contributed by atoms with Gasteiger partial charge in [0.1, 0.15) is 6.61 Å². The van der Waals surface area contributed by atoms with Crippen molar-refractivity contribution >= 4 is 11.6 Å². The molecule has 0 heterocycles. The molecular weight excluding hydrogens is 164 g/mol. The second kappa shape index (κ2) is 3.72. The Labute approximate surface area is 70.3 Å². The number of aryl methyl sites for hydroxylation is 1. The van der Waals surface area contributed by atoms with Crippen LogP contribution in [0.25, 0.3) is 0 Å². The fraction of sp³-hybridized carbons (Fsp3) is 0.250. The summed E-state index contributed by atoms with van der Waals surface area (Å²) >= 11 is 5.81. The maximum atomic E-state index is 8.14. The summed E-state index contributed by atoms with van der Waals surface area (Å²) in [5.41, 5.74) is 1.89. The Morgan fingerprint density at radius 1 is 1.55 bits per heavy atom. The van der Waals surface area contributed by atoms with Gasteiger partial charge in [0.25, 0.3) is 0 Å². The van der Waals surface area contributed by atoms with Crippen LogP contribution in [0.5, 0.6) is 0 Å². The van der Waals surface area contributed by atoms with Crippen molar-refractivity contribution in [1.29, 1.82) is 0 Å². The second-order valence-electron chi connectivity index (χ2n) is 2.36. The Balaban J connectivity index is 2.86. The van der Waals surface area contributed by atoms with Gasteiger partial charge in [0.2, 0.25) is 0 Å². The molecule has 0 atom stereocenters. The zero-order chi connectivity index (χ0) is 8.27. The number of halogens is 1. The van der Waals surface area contributed by atoms with Crippen LogP contribution in [0.2, 0.25) is 5.02 Å². The molecule has 0 aliphatic carbocycles. The summed E-state index contributed by atoms with van der Waals surface area (Å²) in [6.45, 7) is 2.10. The predicted molar refractivity (Wildman–Crippen MR) is 43.6 cm³/mol. The highest BCUT2D eigenvalue weighted by Crippen LogP contribution is 2.16. The Kier molecular flexibility index (Phi) is 2.88. The van der Waals surface area contributed by atoms with Crippen molar-refractivity contribution in [3.05, 3.63) is 34.3 Å². The Bertz CT molecular complexity index is 248. The molecule has 1 rings (SSSR count). The van der Waals surface area contributed by atoms with Gasteiger partial charge < -0.3 is 0 Å². The molecule has 3 heteroatoms. The molecule has 0 saturated carbocycles. The summed E-state index contributed by atoms with van der Waals surface area (Å²) < 4.78 is 0. The van der Waals surface area contributed by atoms with Gasteiger partial charge >= 0.3 is 0 Å². The van der Waals surface area contributed by atoms with E-state index in [1.54, 1.807) is 6.07 Å². The molecule has 1 N–H and O–H groups in total. The molecule has 0 spiro atoms. The standard InChI is InChI=1S/C8H9ClO2/c1-6-2-3-7(5-11-10)4-8(6)9/h2-4,10H,5H2,1H3.